The van der Waals surface area contributed by atoms with Crippen molar-refractivity contribution in [1.82, 2.24) is 4.90 Å². The highest BCUT2D eigenvalue weighted by Gasteiger charge is 2.28. The van der Waals surface area contributed by atoms with Crippen molar-refractivity contribution < 1.29 is 13.5 Å². The van der Waals surface area contributed by atoms with Crippen LogP contribution in [-0.4, -0.2) is 37.7 Å². The molecule has 0 spiro atoms. The molecular formula is C15H22F2N2O. The molecule has 2 N–H and O–H groups in total. The molecule has 5 heteroatoms. The number of hydrogen-bond donors (Lipinski definition) is 1. The predicted octanol–water partition coefficient (Wildman–Crippen LogP) is 2.47. The molecule has 1 aromatic carbocycles. The zero-order chi connectivity index (χ0) is 14.5. The SMILES string of the molecule is COCCN(CCC(N)c1cccc(F)c1F)C1CC1. The Hall–Kier alpha value is -1.04. The van der Waals surface area contributed by atoms with Gasteiger partial charge in [0.25, 0.3) is 0 Å². The molecule has 0 amide bonds. The third kappa shape index (κ3) is 3.98. The first-order valence-electron chi connectivity index (χ1n) is 7.06. The van der Waals surface area contributed by atoms with Gasteiger partial charge in [0.05, 0.1) is 6.61 Å². The number of nitrogens with two attached hydrogens (primary N) is 1. The van der Waals surface area contributed by atoms with Crippen molar-refractivity contribution >= 4 is 0 Å². The van der Waals surface area contributed by atoms with E-state index in [0.717, 1.165) is 19.2 Å². The lowest BCUT2D eigenvalue weighted by molar-refractivity contribution is 0.141. The minimum atomic E-state index is -0.837. The Morgan fingerprint density at radius 3 is 2.75 bits per heavy atom. The molecule has 112 valence electrons. The lowest BCUT2D eigenvalue weighted by Crippen LogP contribution is -2.32. The van der Waals surface area contributed by atoms with E-state index in [1.807, 2.05) is 0 Å². The van der Waals surface area contributed by atoms with Crippen LogP contribution in [-0.2, 0) is 4.74 Å². The third-order valence-electron chi connectivity index (χ3n) is 3.75. The van der Waals surface area contributed by atoms with Crippen LogP contribution in [0.15, 0.2) is 18.2 Å². The van der Waals surface area contributed by atoms with Crippen LogP contribution >= 0.6 is 0 Å². The standard InChI is InChI=1S/C15H22F2N2O/c1-20-10-9-19(11-5-6-11)8-7-14(18)12-3-2-4-13(16)15(12)17/h2-4,11,14H,5-10,18H2,1H3. The fourth-order valence-corrected chi connectivity index (χ4v) is 2.39. The maximum atomic E-state index is 13.7. The number of hydrogen-bond acceptors (Lipinski definition) is 3. The summed E-state index contributed by atoms with van der Waals surface area (Å²) in [6.45, 7) is 2.32. The smallest absolute Gasteiger partial charge is 0.163 e. The molecule has 1 aliphatic carbocycles. The van der Waals surface area contributed by atoms with E-state index in [2.05, 4.69) is 4.90 Å². The molecule has 0 saturated heterocycles. The maximum Gasteiger partial charge on any atom is 0.163 e. The molecule has 1 saturated carbocycles. The summed E-state index contributed by atoms with van der Waals surface area (Å²) in [6, 6.07) is 4.29. The molecule has 0 bridgehead atoms. The molecule has 0 aromatic heterocycles. The molecule has 2 rings (SSSR count). The maximum absolute atomic E-state index is 13.7. The average Bonchev–Trinajstić information content (AvgIpc) is 3.26. The van der Waals surface area contributed by atoms with Gasteiger partial charge in [-0.15, -0.1) is 0 Å². The molecule has 0 heterocycles. The Balaban J connectivity index is 1.89. The van der Waals surface area contributed by atoms with Crippen molar-refractivity contribution in [3.05, 3.63) is 35.4 Å². The van der Waals surface area contributed by atoms with E-state index in [4.69, 9.17) is 10.5 Å². The highest BCUT2D eigenvalue weighted by molar-refractivity contribution is 5.22. The summed E-state index contributed by atoms with van der Waals surface area (Å²) in [5, 5.41) is 0. The molecule has 1 aliphatic rings. The van der Waals surface area contributed by atoms with Crippen molar-refractivity contribution in [3.63, 3.8) is 0 Å². The van der Waals surface area contributed by atoms with Gasteiger partial charge in [-0.1, -0.05) is 12.1 Å². The van der Waals surface area contributed by atoms with E-state index in [9.17, 15) is 8.78 Å². The van der Waals surface area contributed by atoms with E-state index >= 15 is 0 Å². The van der Waals surface area contributed by atoms with E-state index in [0.29, 0.717) is 19.1 Å². The Labute approximate surface area is 118 Å². The number of ether oxygens (including phenoxy) is 1. The quantitative estimate of drug-likeness (QED) is 0.797. The Morgan fingerprint density at radius 2 is 2.10 bits per heavy atom. The largest absolute Gasteiger partial charge is 0.383 e. The van der Waals surface area contributed by atoms with Crippen LogP contribution in [0.3, 0.4) is 0 Å². The molecule has 0 aliphatic heterocycles. The van der Waals surface area contributed by atoms with Gasteiger partial charge < -0.3 is 10.5 Å². The molecule has 1 atom stereocenters. The minimum Gasteiger partial charge on any atom is -0.383 e. The van der Waals surface area contributed by atoms with Crippen LogP contribution in [0.25, 0.3) is 0 Å². The molecule has 1 unspecified atom stereocenters. The average molecular weight is 284 g/mol. The second-order valence-electron chi connectivity index (χ2n) is 5.30. The van der Waals surface area contributed by atoms with Gasteiger partial charge in [0.2, 0.25) is 0 Å². The number of rotatable bonds is 8. The van der Waals surface area contributed by atoms with Crippen molar-refractivity contribution in [2.45, 2.75) is 31.3 Å². The Morgan fingerprint density at radius 1 is 1.35 bits per heavy atom. The normalized spacial score (nSPS) is 16.6. The fraction of sp³-hybridized carbons (Fsp3) is 0.600. The van der Waals surface area contributed by atoms with Gasteiger partial charge in [-0.25, -0.2) is 8.78 Å². The Bertz CT molecular complexity index is 438. The topological polar surface area (TPSA) is 38.5 Å². The summed E-state index contributed by atoms with van der Waals surface area (Å²) in [6.07, 6.45) is 3.02. The number of halogens is 2. The van der Waals surface area contributed by atoms with Crippen LogP contribution in [0.4, 0.5) is 8.78 Å². The van der Waals surface area contributed by atoms with Crippen molar-refractivity contribution in [3.8, 4) is 0 Å². The molecule has 20 heavy (non-hydrogen) atoms. The van der Waals surface area contributed by atoms with Crippen LogP contribution in [0.2, 0.25) is 0 Å². The van der Waals surface area contributed by atoms with Crippen molar-refractivity contribution in [2.24, 2.45) is 5.73 Å². The molecule has 1 aromatic rings. The monoisotopic (exact) mass is 284 g/mol. The lowest BCUT2D eigenvalue weighted by atomic mass is 10.0. The lowest BCUT2D eigenvalue weighted by Gasteiger charge is -2.23. The predicted molar refractivity (Wildman–Crippen MR) is 74.4 cm³/mol. The van der Waals surface area contributed by atoms with Gasteiger partial charge in [-0.3, -0.25) is 4.90 Å². The summed E-state index contributed by atoms with van der Waals surface area (Å²) < 4.78 is 31.9. The van der Waals surface area contributed by atoms with E-state index in [1.54, 1.807) is 13.2 Å². The summed E-state index contributed by atoms with van der Waals surface area (Å²) in [5.74, 6) is -1.66. The second kappa shape index (κ2) is 7.11. The van der Waals surface area contributed by atoms with Crippen LogP contribution in [0.1, 0.15) is 30.9 Å². The Kier molecular flexibility index (Phi) is 5.46. The summed E-state index contributed by atoms with van der Waals surface area (Å²) >= 11 is 0. The number of benzene rings is 1. The molecule has 3 nitrogen and oxygen atoms in total. The van der Waals surface area contributed by atoms with Gasteiger partial charge in [0.15, 0.2) is 11.6 Å². The minimum absolute atomic E-state index is 0.257. The van der Waals surface area contributed by atoms with Gasteiger partial charge in [-0.2, -0.15) is 0 Å². The fourth-order valence-electron chi connectivity index (χ4n) is 2.39. The van der Waals surface area contributed by atoms with Crippen LogP contribution < -0.4 is 5.73 Å². The zero-order valence-electron chi connectivity index (χ0n) is 11.8. The van der Waals surface area contributed by atoms with Gasteiger partial charge in [-0.05, 0) is 25.3 Å². The zero-order valence-corrected chi connectivity index (χ0v) is 11.8. The van der Waals surface area contributed by atoms with Gasteiger partial charge >= 0.3 is 0 Å². The highest BCUT2D eigenvalue weighted by Crippen LogP contribution is 2.28. The molecule has 0 radical (unpaired) electrons. The van der Waals surface area contributed by atoms with Crippen molar-refractivity contribution in [2.75, 3.05) is 26.8 Å². The number of methoxy groups -OCH3 is 1. The van der Waals surface area contributed by atoms with E-state index in [-0.39, 0.29) is 5.56 Å². The third-order valence-corrected chi connectivity index (χ3v) is 3.75. The first-order valence-corrected chi connectivity index (χ1v) is 7.06. The van der Waals surface area contributed by atoms with Gasteiger partial charge in [0.1, 0.15) is 0 Å². The van der Waals surface area contributed by atoms with Gasteiger partial charge in [0, 0.05) is 37.8 Å². The molecule has 1 fully saturated rings. The number of nitrogens with zero attached hydrogens (tertiary/aromatic N) is 1. The van der Waals surface area contributed by atoms with Crippen LogP contribution in [0.5, 0.6) is 0 Å². The van der Waals surface area contributed by atoms with E-state index in [1.165, 1.54) is 18.9 Å². The summed E-state index contributed by atoms with van der Waals surface area (Å²) in [5.41, 5.74) is 6.25. The summed E-state index contributed by atoms with van der Waals surface area (Å²) in [7, 11) is 1.68. The second-order valence-corrected chi connectivity index (χ2v) is 5.30. The first-order chi connectivity index (χ1) is 9.63. The highest BCUT2D eigenvalue weighted by atomic mass is 19.2. The van der Waals surface area contributed by atoms with Crippen LogP contribution in [0, 0.1) is 11.6 Å². The van der Waals surface area contributed by atoms with E-state index < -0.39 is 17.7 Å². The van der Waals surface area contributed by atoms with Crippen molar-refractivity contribution in [1.29, 1.82) is 0 Å². The molecular weight excluding hydrogens is 262 g/mol. The first kappa shape index (κ1) is 15.4. The summed E-state index contributed by atoms with van der Waals surface area (Å²) in [4.78, 5) is 2.32.